The minimum atomic E-state index is -4.08. The number of nitrogens with zero attached hydrogens (tertiary/aromatic N) is 3. The predicted octanol–water partition coefficient (Wildman–Crippen LogP) is -0.165. The normalized spacial score (nSPS) is 10.5. The molecule has 13 heavy (non-hydrogen) atoms. The van der Waals surface area contributed by atoms with E-state index in [4.69, 9.17) is 4.55 Å². The monoisotopic (exact) mass is 201 g/mol. The molecule has 1 N–H and O–H groups in total. The second-order valence-electron chi connectivity index (χ2n) is 2.12. The molecule has 0 aliphatic rings. The Bertz CT molecular complexity index is 414. The zero-order valence-corrected chi connectivity index (χ0v) is 7.35. The van der Waals surface area contributed by atoms with Gasteiger partial charge in [-0.2, -0.15) is 13.5 Å². The Morgan fingerprint density at radius 1 is 1.62 bits per heavy atom. The highest BCUT2D eigenvalue weighted by Crippen LogP contribution is 1.84. The van der Waals surface area contributed by atoms with Gasteiger partial charge in [0.1, 0.15) is 12.7 Å². The maximum absolute atomic E-state index is 10.2. The molecule has 1 aromatic heterocycles. The van der Waals surface area contributed by atoms with E-state index in [9.17, 15) is 8.42 Å². The summed E-state index contributed by atoms with van der Waals surface area (Å²) in [5.74, 6) is 0. The zero-order chi connectivity index (χ0) is 9.73. The van der Waals surface area contributed by atoms with Gasteiger partial charge in [0.15, 0.2) is 0 Å². The summed E-state index contributed by atoms with van der Waals surface area (Å²) in [5, 5.41) is 4.33. The summed E-state index contributed by atoms with van der Waals surface area (Å²) in [7, 11) is -4.08. The van der Waals surface area contributed by atoms with Gasteiger partial charge < -0.3 is 0 Å². The van der Waals surface area contributed by atoms with Crippen LogP contribution in [0.1, 0.15) is 0 Å². The van der Waals surface area contributed by atoms with E-state index >= 15 is 0 Å². The second kappa shape index (κ2) is 3.99. The van der Waals surface area contributed by atoms with Gasteiger partial charge in [0.05, 0.1) is 12.0 Å². The van der Waals surface area contributed by atoms with Gasteiger partial charge in [-0.25, -0.2) is 9.67 Å². The Kier molecular flexibility index (Phi) is 2.97. The van der Waals surface area contributed by atoms with Gasteiger partial charge in [0.25, 0.3) is 10.1 Å². The lowest BCUT2D eigenvalue weighted by Gasteiger charge is -1.88. The topological polar surface area (TPSA) is 85.1 Å². The van der Waals surface area contributed by atoms with Gasteiger partial charge in [-0.05, 0) is 6.08 Å². The highest BCUT2D eigenvalue weighted by atomic mass is 32.2. The van der Waals surface area contributed by atoms with Crippen LogP contribution in [-0.2, 0) is 16.7 Å². The van der Waals surface area contributed by atoms with E-state index < -0.39 is 10.1 Å². The van der Waals surface area contributed by atoms with E-state index in [2.05, 4.69) is 15.8 Å². The average molecular weight is 201 g/mol. The molecular formula is C6H7N3O3S. The van der Waals surface area contributed by atoms with Crippen LogP contribution in [0.2, 0.25) is 0 Å². The summed E-state index contributed by atoms with van der Waals surface area (Å²) in [5.41, 5.74) is 2.29. The van der Waals surface area contributed by atoms with E-state index in [1.165, 1.54) is 23.4 Å². The summed E-state index contributed by atoms with van der Waals surface area (Å²) >= 11 is 0. The van der Waals surface area contributed by atoms with Crippen molar-refractivity contribution >= 4 is 10.1 Å². The van der Waals surface area contributed by atoms with Crippen LogP contribution in [0.3, 0.4) is 0 Å². The minimum Gasteiger partial charge on any atom is -0.282 e. The van der Waals surface area contributed by atoms with E-state index in [0.29, 0.717) is 12.0 Å². The van der Waals surface area contributed by atoms with Crippen LogP contribution >= 0.6 is 0 Å². The standard InChI is InChI=1S/C6H7N3O3S/c10-13(11,12)4-2-1-3-9-6-7-5-8-9/h1,4-6H,3H2,(H,10,11,12). The Morgan fingerprint density at radius 3 is 2.92 bits per heavy atom. The average Bonchev–Trinajstić information content (AvgIpc) is 2.48. The second-order valence-corrected chi connectivity index (χ2v) is 3.39. The number of rotatable bonds is 3. The van der Waals surface area contributed by atoms with Crippen LogP contribution in [-0.4, -0.2) is 27.7 Å². The molecule has 7 heteroatoms. The Labute approximate surface area is 75.0 Å². The number of allylic oxidation sites excluding steroid dienone is 1. The summed E-state index contributed by atoms with van der Waals surface area (Å²) in [6.07, 6.45) is 4.24. The van der Waals surface area contributed by atoms with Gasteiger partial charge >= 0.3 is 0 Å². The number of aromatic nitrogens is 3. The predicted molar refractivity (Wildman–Crippen MR) is 44.2 cm³/mol. The van der Waals surface area contributed by atoms with E-state index in [1.54, 1.807) is 0 Å². The summed E-state index contributed by atoms with van der Waals surface area (Å²) in [4.78, 5) is 3.68. The fourth-order valence-corrected chi connectivity index (χ4v) is 0.876. The lowest BCUT2D eigenvalue weighted by molar-refractivity contribution is 0.494. The molecule has 6 nitrogen and oxygen atoms in total. The highest BCUT2D eigenvalue weighted by molar-refractivity contribution is 7.88. The Hall–Kier alpha value is -1.43. The fraction of sp³-hybridized carbons (Fsp3) is 0.167. The Morgan fingerprint density at radius 2 is 2.38 bits per heavy atom. The van der Waals surface area contributed by atoms with Crippen molar-refractivity contribution < 1.29 is 13.0 Å². The van der Waals surface area contributed by atoms with Gasteiger partial charge in [-0.1, -0.05) is 0 Å². The lowest BCUT2D eigenvalue weighted by atomic mass is 10.6. The molecule has 70 valence electrons. The molecule has 0 saturated heterocycles. The molecule has 0 aliphatic carbocycles. The van der Waals surface area contributed by atoms with E-state index in [0.717, 1.165) is 0 Å². The summed E-state index contributed by atoms with van der Waals surface area (Å²) < 4.78 is 30.1. The van der Waals surface area contributed by atoms with Gasteiger partial charge in [-0.3, -0.25) is 4.55 Å². The third kappa shape index (κ3) is 4.22. The van der Waals surface area contributed by atoms with Crippen molar-refractivity contribution in [3.63, 3.8) is 0 Å². The van der Waals surface area contributed by atoms with Crippen LogP contribution in [0, 0.1) is 0 Å². The molecule has 0 unspecified atom stereocenters. The van der Waals surface area contributed by atoms with Crippen molar-refractivity contribution in [2.75, 3.05) is 0 Å². The van der Waals surface area contributed by atoms with Crippen LogP contribution in [0.5, 0.6) is 0 Å². The van der Waals surface area contributed by atoms with E-state index in [1.807, 2.05) is 0 Å². The SMILES string of the molecule is O=S(=O)(O)C=C=CCn1cncn1. The van der Waals surface area contributed by atoms with Gasteiger partial charge in [-0.15, -0.1) is 5.73 Å². The first kappa shape index (κ1) is 9.66. The molecule has 0 atom stereocenters. The third-order valence-electron chi connectivity index (χ3n) is 1.08. The molecule has 1 rings (SSSR count). The van der Waals surface area contributed by atoms with Crippen molar-refractivity contribution in [1.82, 2.24) is 14.8 Å². The molecule has 0 fully saturated rings. The first-order valence-electron chi connectivity index (χ1n) is 3.29. The summed E-state index contributed by atoms with van der Waals surface area (Å²) in [6.45, 7) is 0.353. The van der Waals surface area contributed by atoms with Crippen molar-refractivity contribution in [1.29, 1.82) is 0 Å². The molecule has 0 amide bonds. The molecule has 0 spiro atoms. The smallest absolute Gasteiger partial charge is 0.282 e. The first-order valence-corrected chi connectivity index (χ1v) is 4.79. The van der Waals surface area contributed by atoms with Crippen molar-refractivity contribution in [2.45, 2.75) is 6.54 Å². The Balaban J connectivity index is 2.57. The van der Waals surface area contributed by atoms with Crippen LogP contribution < -0.4 is 0 Å². The fourth-order valence-electron chi connectivity index (χ4n) is 0.607. The van der Waals surface area contributed by atoms with Crippen molar-refractivity contribution in [2.24, 2.45) is 0 Å². The molecule has 0 radical (unpaired) electrons. The molecule has 0 aromatic carbocycles. The van der Waals surface area contributed by atoms with Crippen LogP contribution in [0.25, 0.3) is 0 Å². The van der Waals surface area contributed by atoms with E-state index in [-0.39, 0.29) is 0 Å². The zero-order valence-electron chi connectivity index (χ0n) is 6.53. The lowest BCUT2D eigenvalue weighted by Crippen LogP contribution is -1.94. The van der Waals surface area contributed by atoms with Crippen molar-refractivity contribution in [3.05, 3.63) is 29.9 Å². The third-order valence-corrected chi connectivity index (χ3v) is 1.51. The minimum absolute atomic E-state index is 0.353. The molecule has 0 saturated carbocycles. The maximum atomic E-state index is 10.2. The molecule has 0 bridgehead atoms. The quantitative estimate of drug-likeness (QED) is 0.542. The van der Waals surface area contributed by atoms with Crippen molar-refractivity contribution in [3.8, 4) is 0 Å². The van der Waals surface area contributed by atoms with Gasteiger partial charge in [0.2, 0.25) is 0 Å². The van der Waals surface area contributed by atoms with Crippen LogP contribution in [0.15, 0.2) is 29.9 Å². The molecular weight excluding hydrogens is 194 g/mol. The maximum Gasteiger partial charge on any atom is 0.294 e. The largest absolute Gasteiger partial charge is 0.294 e. The van der Waals surface area contributed by atoms with Crippen LogP contribution in [0.4, 0.5) is 0 Å². The molecule has 0 aliphatic heterocycles. The summed E-state index contributed by atoms with van der Waals surface area (Å²) in [6, 6.07) is 0. The highest BCUT2D eigenvalue weighted by Gasteiger charge is 1.91. The number of hydrogen-bond donors (Lipinski definition) is 1. The molecule has 1 aromatic rings. The van der Waals surface area contributed by atoms with Gasteiger partial charge in [0, 0.05) is 0 Å². The molecule has 1 heterocycles. The number of hydrogen-bond acceptors (Lipinski definition) is 4. The first-order chi connectivity index (χ1) is 6.08.